The summed E-state index contributed by atoms with van der Waals surface area (Å²) in [6, 6.07) is 1.76. The normalized spacial score (nSPS) is 14.5. The minimum Gasteiger partial charge on any atom is -0.398 e. The maximum Gasteiger partial charge on any atom is 0.0673 e. The zero-order valence-corrected chi connectivity index (χ0v) is 10.7. The van der Waals surface area contributed by atoms with Crippen LogP contribution in [0.4, 0.5) is 5.69 Å². The van der Waals surface area contributed by atoms with E-state index in [0.717, 1.165) is 25.1 Å². The molecule has 17 heavy (non-hydrogen) atoms. The average molecular weight is 237 g/mol. The van der Waals surface area contributed by atoms with E-state index < -0.39 is 5.60 Å². The lowest BCUT2D eigenvalue weighted by Gasteiger charge is -2.24. The molecule has 0 radical (unpaired) electrons. The summed E-state index contributed by atoms with van der Waals surface area (Å²) in [6.45, 7) is 5.78. The molecule has 0 aliphatic heterocycles. The van der Waals surface area contributed by atoms with Crippen molar-refractivity contribution in [1.82, 2.24) is 10.3 Å². The Kier molecular flexibility index (Phi) is 5.38. The molecule has 4 heteroatoms. The Morgan fingerprint density at radius 2 is 2.24 bits per heavy atom. The lowest BCUT2D eigenvalue weighted by molar-refractivity contribution is 0.0516. The Morgan fingerprint density at radius 3 is 2.88 bits per heavy atom. The number of hydrogen-bond acceptors (Lipinski definition) is 4. The SMILES string of the molecule is CCCNCCC(C)(O)Cc1cnccc1N. The van der Waals surface area contributed by atoms with E-state index in [9.17, 15) is 5.11 Å². The highest BCUT2D eigenvalue weighted by atomic mass is 16.3. The van der Waals surface area contributed by atoms with E-state index in [2.05, 4.69) is 17.2 Å². The minimum atomic E-state index is -0.738. The Hall–Kier alpha value is -1.13. The first-order valence-corrected chi connectivity index (χ1v) is 6.16. The molecule has 1 heterocycles. The monoisotopic (exact) mass is 237 g/mol. The molecule has 0 fully saturated rings. The molecule has 0 saturated heterocycles. The van der Waals surface area contributed by atoms with Crippen LogP contribution in [0.1, 0.15) is 32.3 Å². The number of hydrogen-bond donors (Lipinski definition) is 3. The molecular formula is C13H23N3O. The highest BCUT2D eigenvalue weighted by Gasteiger charge is 2.21. The molecule has 1 aromatic rings. The number of nitrogen functional groups attached to an aromatic ring is 1. The van der Waals surface area contributed by atoms with E-state index in [1.807, 2.05) is 6.92 Å². The molecule has 0 aromatic carbocycles. The summed E-state index contributed by atoms with van der Waals surface area (Å²) in [5.41, 5.74) is 6.71. The molecule has 4 nitrogen and oxygen atoms in total. The van der Waals surface area contributed by atoms with Gasteiger partial charge >= 0.3 is 0 Å². The average Bonchev–Trinajstić information content (AvgIpc) is 2.28. The van der Waals surface area contributed by atoms with Gasteiger partial charge in [0.15, 0.2) is 0 Å². The third-order valence-electron chi connectivity index (χ3n) is 2.78. The minimum absolute atomic E-state index is 0.542. The van der Waals surface area contributed by atoms with Gasteiger partial charge in [0.1, 0.15) is 0 Å². The van der Waals surface area contributed by atoms with Crippen LogP contribution in [0.15, 0.2) is 18.5 Å². The molecule has 1 atom stereocenters. The second kappa shape index (κ2) is 6.57. The Labute approximate surface area is 103 Å². The number of aliphatic hydroxyl groups is 1. The van der Waals surface area contributed by atoms with E-state index in [4.69, 9.17) is 5.73 Å². The van der Waals surface area contributed by atoms with Crippen molar-refractivity contribution >= 4 is 5.69 Å². The first kappa shape index (κ1) is 13.9. The number of nitrogens with two attached hydrogens (primary N) is 1. The van der Waals surface area contributed by atoms with Gasteiger partial charge in [-0.15, -0.1) is 0 Å². The van der Waals surface area contributed by atoms with Gasteiger partial charge in [-0.1, -0.05) is 6.92 Å². The Morgan fingerprint density at radius 1 is 1.47 bits per heavy atom. The highest BCUT2D eigenvalue weighted by molar-refractivity contribution is 5.44. The zero-order valence-electron chi connectivity index (χ0n) is 10.7. The van der Waals surface area contributed by atoms with Crippen molar-refractivity contribution in [2.75, 3.05) is 18.8 Å². The third-order valence-corrected chi connectivity index (χ3v) is 2.78. The maximum atomic E-state index is 10.3. The second-order valence-electron chi connectivity index (χ2n) is 4.75. The number of pyridine rings is 1. The predicted molar refractivity (Wildman–Crippen MR) is 70.8 cm³/mol. The summed E-state index contributed by atoms with van der Waals surface area (Å²) in [7, 11) is 0. The Bertz CT molecular complexity index is 339. The molecule has 0 bridgehead atoms. The lowest BCUT2D eigenvalue weighted by Crippen LogP contribution is -2.32. The van der Waals surface area contributed by atoms with Crippen LogP contribution in [0, 0.1) is 0 Å². The highest BCUT2D eigenvalue weighted by Crippen LogP contribution is 2.19. The number of nitrogens with zero attached hydrogens (tertiary/aromatic N) is 1. The number of rotatable bonds is 7. The summed E-state index contributed by atoms with van der Waals surface area (Å²) < 4.78 is 0. The van der Waals surface area contributed by atoms with Crippen LogP contribution in [0.5, 0.6) is 0 Å². The molecule has 1 rings (SSSR count). The Balaban J connectivity index is 2.46. The summed E-state index contributed by atoms with van der Waals surface area (Å²) in [5, 5.41) is 13.6. The van der Waals surface area contributed by atoms with Gasteiger partial charge in [0, 0.05) is 24.5 Å². The van der Waals surface area contributed by atoms with Gasteiger partial charge in [-0.3, -0.25) is 4.98 Å². The topological polar surface area (TPSA) is 71.2 Å². The first-order chi connectivity index (χ1) is 8.05. The largest absolute Gasteiger partial charge is 0.398 e. The van der Waals surface area contributed by atoms with Gasteiger partial charge < -0.3 is 16.2 Å². The standard InChI is InChI=1S/C13H23N3O/c1-3-6-15-8-5-13(2,17)9-11-10-16-7-4-12(11)14/h4,7,10,15,17H,3,5-6,8-9H2,1-2H3,(H2,14,16). The third kappa shape index (κ3) is 5.15. The van der Waals surface area contributed by atoms with Gasteiger partial charge in [0.05, 0.1) is 5.60 Å². The fraction of sp³-hybridized carbons (Fsp3) is 0.615. The number of aromatic nitrogens is 1. The summed E-state index contributed by atoms with van der Waals surface area (Å²) in [4.78, 5) is 4.03. The van der Waals surface area contributed by atoms with E-state index in [1.54, 1.807) is 18.5 Å². The number of nitrogens with one attached hydrogen (secondary N) is 1. The van der Waals surface area contributed by atoms with Gasteiger partial charge in [0.25, 0.3) is 0 Å². The maximum absolute atomic E-state index is 10.3. The number of anilines is 1. The van der Waals surface area contributed by atoms with Crippen molar-refractivity contribution in [2.45, 2.75) is 38.7 Å². The second-order valence-corrected chi connectivity index (χ2v) is 4.75. The van der Waals surface area contributed by atoms with Crippen molar-refractivity contribution < 1.29 is 5.11 Å². The van der Waals surface area contributed by atoms with Crippen molar-refractivity contribution in [3.63, 3.8) is 0 Å². The van der Waals surface area contributed by atoms with Gasteiger partial charge in [-0.25, -0.2) is 0 Å². The quantitative estimate of drug-likeness (QED) is 0.626. The summed E-state index contributed by atoms with van der Waals surface area (Å²) in [6.07, 6.45) is 5.75. The molecule has 0 aliphatic rings. The molecule has 0 aliphatic carbocycles. The van der Waals surface area contributed by atoms with Crippen LogP contribution >= 0.6 is 0 Å². The van der Waals surface area contributed by atoms with Crippen LogP contribution in [0.3, 0.4) is 0 Å². The zero-order chi connectivity index (χ0) is 12.7. The molecule has 1 aromatic heterocycles. The van der Waals surface area contributed by atoms with Crippen LogP contribution in [0.25, 0.3) is 0 Å². The molecule has 0 saturated carbocycles. The van der Waals surface area contributed by atoms with E-state index in [1.165, 1.54) is 0 Å². The molecule has 0 spiro atoms. The summed E-state index contributed by atoms with van der Waals surface area (Å²) >= 11 is 0. The fourth-order valence-corrected chi connectivity index (χ4v) is 1.74. The lowest BCUT2D eigenvalue weighted by atomic mass is 9.93. The van der Waals surface area contributed by atoms with Crippen molar-refractivity contribution in [1.29, 1.82) is 0 Å². The first-order valence-electron chi connectivity index (χ1n) is 6.16. The molecule has 4 N–H and O–H groups in total. The van der Waals surface area contributed by atoms with Gasteiger partial charge in [-0.2, -0.15) is 0 Å². The molecule has 0 amide bonds. The molecule has 1 unspecified atom stereocenters. The molecular weight excluding hydrogens is 214 g/mol. The van der Waals surface area contributed by atoms with Gasteiger partial charge in [-0.05, 0) is 44.5 Å². The van der Waals surface area contributed by atoms with E-state index in [0.29, 0.717) is 18.5 Å². The fourth-order valence-electron chi connectivity index (χ4n) is 1.74. The van der Waals surface area contributed by atoms with Crippen LogP contribution in [0.2, 0.25) is 0 Å². The van der Waals surface area contributed by atoms with E-state index in [-0.39, 0.29) is 0 Å². The van der Waals surface area contributed by atoms with E-state index >= 15 is 0 Å². The van der Waals surface area contributed by atoms with Crippen molar-refractivity contribution in [3.8, 4) is 0 Å². The smallest absolute Gasteiger partial charge is 0.0673 e. The van der Waals surface area contributed by atoms with Crippen molar-refractivity contribution in [2.24, 2.45) is 0 Å². The van der Waals surface area contributed by atoms with Crippen LogP contribution in [-0.4, -0.2) is 28.8 Å². The predicted octanol–water partition coefficient (Wildman–Crippen LogP) is 1.35. The van der Waals surface area contributed by atoms with Crippen LogP contribution in [-0.2, 0) is 6.42 Å². The molecule has 96 valence electrons. The van der Waals surface area contributed by atoms with Crippen LogP contribution < -0.4 is 11.1 Å². The van der Waals surface area contributed by atoms with Gasteiger partial charge in [0.2, 0.25) is 0 Å². The summed E-state index contributed by atoms with van der Waals surface area (Å²) in [5.74, 6) is 0. The van der Waals surface area contributed by atoms with Crippen molar-refractivity contribution in [3.05, 3.63) is 24.0 Å².